The topological polar surface area (TPSA) is 62.3 Å². The maximum absolute atomic E-state index is 13.2. The van der Waals surface area contributed by atoms with Crippen LogP contribution in [0.25, 0.3) is 10.9 Å². The number of aromatic nitrogens is 1. The molecule has 0 radical (unpaired) electrons. The summed E-state index contributed by atoms with van der Waals surface area (Å²) in [6.45, 7) is 7.82. The van der Waals surface area contributed by atoms with Crippen molar-refractivity contribution in [2.45, 2.75) is 29.6 Å². The van der Waals surface area contributed by atoms with Crippen LogP contribution in [0.5, 0.6) is 0 Å². The number of benzene rings is 2. The summed E-state index contributed by atoms with van der Waals surface area (Å²) in [5, 5.41) is 4.23. The predicted molar refractivity (Wildman–Crippen MR) is 120 cm³/mol. The lowest BCUT2D eigenvalue weighted by Gasteiger charge is -2.30. The molecular formula is C22H26ClN3O2S. The van der Waals surface area contributed by atoms with Gasteiger partial charge in [0.2, 0.25) is 9.84 Å². The first-order chi connectivity index (χ1) is 13.5. The van der Waals surface area contributed by atoms with Gasteiger partial charge in [0.25, 0.3) is 0 Å². The summed E-state index contributed by atoms with van der Waals surface area (Å²) in [6, 6.07) is 14.4. The fourth-order valence-corrected chi connectivity index (χ4v) is 4.91. The molecule has 29 heavy (non-hydrogen) atoms. The molecule has 2 heterocycles. The molecule has 154 valence electrons. The molecule has 0 saturated carbocycles. The van der Waals surface area contributed by atoms with Crippen LogP contribution in [0.4, 0.5) is 5.69 Å². The van der Waals surface area contributed by atoms with Gasteiger partial charge >= 0.3 is 0 Å². The average Bonchev–Trinajstić information content (AvgIpc) is 2.73. The van der Waals surface area contributed by atoms with Crippen LogP contribution in [-0.2, 0) is 9.84 Å². The third-order valence-electron chi connectivity index (χ3n) is 5.32. The van der Waals surface area contributed by atoms with Crippen LogP contribution in [0.1, 0.15) is 25.3 Å². The Kier molecular flexibility index (Phi) is 6.46. The third kappa shape index (κ3) is 4.25. The second-order valence-corrected chi connectivity index (χ2v) is 9.42. The molecule has 1 N–H and O–H groups in total. The molecule has 5 nitrogen and oxygen atoms in total. The Balaban J connectivity index is 0.00000240. The van der Waals surface area contributed by atoms with Crippen LogP contribution in [0.3, 0.4) is 0 Å². The zero-order valence-electron chi connectivity index (χ0n) is 16.6. The number of halogens is 1. The van der Waals surface area contributed by atoms with Gasteiger partial charge in [0.1, 0.15) is 0 Å². The Morgan fingerprint density at radius 2 is 1.62 bits per heavy atom. The zero-order valence-corrected chi connectivity index (χ0v) is 18.3. The van der Waals surface area contributed by atoms with Gasteiger partial charge in [-0.2, -0.15) is 0 Å². The highest BCUT2D eigenvalue weighted by Crippen LogP contribution is 2.30. The molecule has 7 heteroatoms. The molecule has 2 aromatic carbocycles. The van der Waals surface area contributed by atoms with Gasteiger partial charge in [0.05, 0.1) is 15.3 Å². The number of nitrogens with zero attached hydrogens (tertiary/aromatic N) is 2. The molecule has 0 atom stereocenters. The number of nitrogens with one attached hydrogen (secondary N) is 1. The van der Waals surface area contributed by atoms with Crippen molar-refractivity contribution in [2.24, 2.45) is 0 Å². The number of sulfone groups is 1. The molecule has 0 unspecified atom stereocenters. The monoisotopic (exact) mass is 431 g/mol. The summed E-state index contributed by atoms with van der Waals surface area (Å²) in [4.78, 5) is 7.34. The minimum absolute atomic E-state index is 0. The predicted octanol–water partition coefficient (Wildman–Crippen LogP) is 4.02. The number of rotatable bonds is 4. The average molecular weight is 432 g/mol. The molecule has 1 fully saturated rings. The number of anilines is 1. The van der Waals surface area contributed by atoms with Crippen molar-refractivity contribution in [1.29, 1.82) is 0 Å². The van der Waals surface area contributed by atoms with E-state index in [4.69, 9.17) is 0 Å². The summed E-state index contributed by atoms with van der Waals surface area (Å²) >= 11 is 0. The first-order valence-corrected chi connectivity index (χ1v) is 11.1. The molecule has 1 aliphatic rings. The van der Waals surface area contributed by atoms with E-state index in [0.717, 1.165) is 48.3 Å². The zero-order chi connectivity index (χ0) is 19.7. The molecule has 0 bridgehead atoms. The smallest absolute Gasteiger partial charge is 0.206 e. The van der Waals surface area contributed by atoms with Gasteiger partial charge < -0.3 is 10.2 Å². The number of piperazine rings is 1. The second kappa shape index (κ2) is 8.69. The fraction of sp³-hybridized carbons (Fsp3) is 0.318. The number of fused-ring (bicyclic) bond motifs is 1. The summed E-state index contributed by atoms with van der Waals surface area (Å²) in [5.41, 5.74) is 2.98. The van der Waals surface area contributed by atoms with Gasteiger partial charge in [-0.1, -0.05) is 26.0 Å². The van der Waals surface area contributed by atoms with E-state index < -0.39 is 9.84 Å². The molecule has 1 aromatic heterocycles. The van der Waals surface area contributed by atoms with E-state index in [1.807, 2.05) is 18.2 Å². The first-order valence-electron chi connectivity index (χ1n) is 9.66. The lowest BCUT2D eigenvalue weighted by Crippen LogP contribution is -2.43. The Labute approximate surface area is 178 Å². The fourth-order valence-electron chi connectivity index (χ4n) is 3.63. The quantitative estimate of drug-likeness (QED) is 0.675. The van der Waals surface area contributed by atoms with Crippen molar-refractivity contribution >= 4 is 38.8 Å². The van der Waals surface area contributed by atoms with Crippen molar-refractivity contribution in [3.8, 4) is 0 Å². The van der Waals surface area contributed by atoms with Gasteiger partial charge in [-0.15, -0.1) is 12.4 Å². The molecule has 3 aromatic rings. The number of pyridine rings is 1. The van der Waals surface area contributed by atoms with E-state index >= 15 is 0 Å². The van der Waals surface area contributed by atoms with Crippen LogP contribution in [-0.4, -0.2) is 39.6 Å². The highest BCUT2D eigenvalue weighted by Gasteiger charge is 2.20. The van der Waals surface area contributed by atoms with Gasteiger partial charge in [0, 0.05) is 43.4 Å². The maximum Gasteiger partial charge on any atom is 0.206 e. The highest BCUT2D eigenvalue weighted by atomic mass is 35.5. The molecule has 1 aliphatic heterocycles. The summed E-state index contributed by atoms with van der Waals surface area (Å²) < 4.78 is 26.4. The van der Waals surface area contributed by atoms with E-state index in [9.17, 15) is 8.42 Å². The molecule has 0 aliphatic carbocycles. The van der Waals surface area contributed by atoms with Crippen molar-refractivity contribution in [2.75, 3.05) is 31.1 Å². The van der Waals surface area contributed by atoms with E-state index in [1.54, 1.807) is 36.5 Å². The van der Waals surface area contributed by atoms with E-state index in [2.05, 4.69) is 29.0 Å². The van der Waals surface area contributed by atoms with Crippen LogP contribution in [0, 0.1) is 0 Å². The molecule has 0 amide bonds. The van der Waals surface area contributed by atoms with Crippen LogP contribution in [0.15, 0.2) is 64.5 Å². The number of hydrogen-bond donors (Lipinski definition) is 1. The van der Waals surface area contributed by atoms with Crippen LogP contribution >= 0.6 is 12.4 Å². The van der Waals surface area contributed by atoms with Crippen molar-refractivity contribution in [1.82, 2.24) is 10.3 Å². The van der Waals surface area contributed by atoms with Crippen molar-refractivity contribution in [3.63, 3.8) is 0 Å². The third-order valence-corrected chi connectivity index (χ3v) is 7.08. The molecular weight excluding hydrogens is 406 g/mol. The SMILES string of the molecule is CC(C)c1ccc(S(=O)(=O)c2ccc3nccc(N4CCNCC4)c3c2)cc1.Cl. The number of hydrogen-bond acceptors (Lipinski definition) is 5. The largest absolute Gasteiger partial charge is 0.368 e. The molecule has 0 spiro atoms. The molecule has 4 rings (SSSR count). The lowest BCUT2D eigenvalue weighted by atomic mass is 10.0. The second-order valence-electron chi connectivity index (χ2n) is 7.47. The van der Waals surface area contributed by atoms with Gasteiger partial charge in [0.15, 0.2) is 0 Å². The summed E-state index contributed by atoms with van der Waals surface area (Å²) in [5.74, 6) is 0.366. The van der Waals surface area contributed by atoms with E-state index in [1.165, 1.54) is 0 Å². The minimum atomic E-state index is -3.58. The van der Waals surface area contributed by atoms with E-state index in [-0.39, 0.29) is 12.4 Å². The first kappa shape index (κ1) is 21.6. The Morgan fingerprint density at radius 3 is 2.28 bits per heavy atom. The maximum atomic E-state index is 13.2. The highest BCUT2D eigenvalue weighted by molar-refractivity contribution is 7.91. The van der Waals surface area contributed by atoms with Crippen molar-refractivity contribution in [3.05, 3.63) is 60.3 Å². The Hall–Kier alpha value is -2.15. The minimum Gasteiger partial charge on any atom is -0.368 e. The van der Waals surface area contributed by atoms with Crippen LogP contribution in [0.2, 0.25) is 0 Å². The van der Waals surface area contributed by atoms with Gasteiger partial charge in [-0.3, -0.25) is 4.98 Å². The Bertz CT molecular complexity index is 1090. The molecule has 1 saturated heterocycles. The van der Waals surface area contributed by atoms with Crippen LogP contribution < -0.4 is 10.2 Å². The standard InChI is InChI=1S/C22H25N3O2S.ClH/c1-16(2)17-3-5-18(6-4-17)28(26,27)19-7-8-21-20(15-19)22(9-10-24-21)25-13-11-23-12-14-25;/h3-10,15-16,23H,11-14H2,1-2H3;1H. The Morgan fingerprint density at radius 1 is 0.966 bits per heavy atom. The van der Waals surface area contributed by atoms with E-state index in [0.29, 0.717) is 15.7 Å². The lowest BCUT2D eigenvalue weighted by molar-refractivity contribution is 0.590. The van der Waals surface area contributed by atoms with Gasteiger partial charge in [-0.05, 0) is 47.9 Å². The van der Waals surface area contributed by atoms with Crippen molar-refractivity contribution < 1.29 is 8.42 Å². The normalized spacial score (nSPS) is 14.8. The van der Waals surface area contributed by atoms with Gasteiger partial charge in [-0.25, -0.2) is 8.42 Å². The summed E-state index contributed by atoms with van der Waals surface area (Å²) in [6.07, 6.45) is 1.79. The summed E-state index contributed by atoms with van der Waals surface area (Å²) in [7, 11) is -3.58.